The third kappa shape index (κ3) is 10.3. The maximum Gasteiger partial charge on any atom is 0.251 e. The molecule has 12 heteroatoms. The van der Waals surface area contributed by atoms with Crippen molar-refractivity contribution in [2.75, 3.05) is 6.54 Å². The van der Waals surface area contributed by atoms with Crippen molar-refractivity contribution < 1.29 is 33.1 Å². The van der Waals surface area contributed by atoms with Crippen molar-refractivity contribution >= 4 is 29.5 Å². The molecule has 0 spiro atoms. The molecule has 304 valence electrons. The minimum absolute atomic E-state index is 0.0253. The van der Waals surface area contributed by atoms with E-state index in [0.29, 0.717) is 34.7 Å². The number of rotatable bonds is 8. The maximum absolute atomic E-state index is 14.5. The molecule has 5 amide bonds. The number of hydrogen-bond acceptors (Lipinski definition) is 6. The van der Waals surface area contributed by atoms with Crippen molar-refractivity contribution in [1.82, 2.24) is 26.2 Å². The number of carbonyl (C=O) groups is 5. The van der Waals surface area contributed by atoms with Crippen LogP contribution in [0.5, 0.6) is 11.5 Å². The van der Waals surface area contributed by atoms with Crippen molar-refractivity contribution in [3.63, 3.8) is 0 Å². The van der Waals surface area contributed by atoms with Crippen LogP contribution in [0.4, 0.5) is 4.39 Å². The summed E-state index contributed by atoms with van der Waals surface area (Å²) in [4.78, 5) is 72.5. The minimum atomic E-state index is -1.43. The van der Waals surface area contributed by atoms with Crippen molar-refractivity contribution in [3.05, 3.63) is 156 Å². The number of amides is 5. The van der Waals surface area contributed by atoms with Gasteiger partial charge >= 0.3 is 0 Å². The first-order chi connectivity index (χ1) is 28.6. The highest BCUT2D eigenvalue weighted by Crippen LogP contribution is 2.33. The zero-order chi connectivity index (χ0) is 41.3. The Balaban J connectivity index is 1.22. The van der Waals surface area contributed by atoms with Crippen LogP contribution >= 0.6 is 0 Å². The van der Waals surface area contributed by atoms with Gasteiger partial charge in [-0.1, -0.05) is 91.9 Å². The lowest BCUT2D eigenvalue weighted by molar-refractivity contribution is -0.138. The fourth-order valence-electron chi connectivity index (χ4n) is 8.00. The van der Waals surface area contributed by atoms with Crippen LogP contribution in [0.15, 0.2) is 127 Å². The molecular weight excluding hydrogens is 750 g/mol. The summed E-state index contributed by atoms with van der Waals surface area (Å²) in [5.41, 5.74) is 1.95. The van der Waals surface area contributed by atoms with Gasteiger partial charge < -0.3 is 30.9 Å². The summed E-state index contributed by atoms with van der Waals surface area (Å²) in [5.74, 6) is -2.07. The molecule has 6 atom stereocenters. The van der Waals surface area contributed by atoms with E-state index in [9.17, 15) is 28.4 Å². The van der Waals surface area contributed by atoms with E-state index >= 15 is 0 Å². The number of nitrogens with zero attached hydrogens (tertiary/aromatic N) is 1. The molecule has 11 nitrogen and oxygen atoms in total. The van der Waals surface area contributed by atoms with Crippen LogP contribution in [0, 0.1) is 17.7 Å². The number of carbonyl (C=O) groups excluding carboxylic acids is 5. The number of allylic oxidation sites excluding steroid dienone is 3. The lowest BCUT2D eigenvalue weighted by Crippen LogP contribution is -2.58. The van der Waals surface area contributed by atoms with E-state index in [1.807, 2.05) is 12.2 Å². The number of benzene rings is 4. The van der Waals surface area contributed by atoms with Crippen molar-refractivity contribution in [3.8, 4) is 11.5 Å². The molecule has 4 aromatic rings. The Hall–Kier alpha value is -6.56. The second-order valence-corrected chi connectivity index (χ2v) is 15.3. The summed E-state index contributed by atoms with van der Waals surface area (Å²) in [7, 11) is 0. The standard InChI is InChI=1S/C47H48FN5O6/c1-30-11-5-7-17-37(30)42-19-10-24-53(42)43(54)28-41-47(58)51-39(45(56)49-29-34-15-6-8-18-38(34)48)26-31-20-22-35(23-21-31)59-36-16-9-12-32(25-36)27-40(46(57)52-41)50-44(55)33-13-3-2-4-14-33/h2-9,11-18,20-23,25,30,37,39-42H,10,19,24,26-29H2,1H3,(H,49,56)(H,50,55)(H,51,58)(H,52,57)/t30?,37?,39-,40-,41-,42+/m0/s1. The molecule has 3 heterocycles. The first kappa shape index (κ1) is 40.6. The van der Waals surface area contributed by atoms with Gasteiger partial charge in [-0.05, 0) is 72.4 Å². The molecule has 8 rings (SSSR count). The van der Waals surface area contributed by atoms with Gasteiger partial charge in [0.1, 0.15) is 35.4 Å². The lowest BCUT2D eigenvalue weighted by atomic mass is 9.83. The number of nitrogens with one attached hydrogen (secondary N) is 4. The molecule has 4 aliphatic rings. The summed E-state index contributed by atoms with van der Waals surface area (Å²) in [6.45, 7) is 2.47. The van der Waals surface area contributed by atoms with Gasteiger partial charge in [0.05, 0.1) is 6.42 Å². The van der Waals surface area contributed by atoms with E-state index in [1.165, 1.54) is 6.07 Å². The average molecular weight is 798 g/mol. The van der Waals surface area contributed by atoms with Crippen molar-refractivity contribution in [2.24, 2.45) is 11.8 Å². The third-order valence-electron chi connectivity index (χ3n) is 11.2. The molecule has 4 aromatic carbocycles. The SMILES string of the molecule is CC1C=CC=CC1[C@H]1CCCN1C(=O)C[C@@H]1NC(=O)[C@@H](NC(=O)c2ccccc2)Cc2cccc(c2)Oc2ccc(cc2)C[C@@H](C(=O)NCc2ccccc2F)NC1=O. The molecule has 3 aliphatic heterocycles. The summed E-state index contributed by atoms with van der Waals surface area (Å²) < 4.78 is 20.7. The monoisotopic (exact) mass is 797 g/mol. The molecule has 2 unspecified atom stereocenters. The summed E-state index contributed by atoms with van der Waals surface area (Å²) in [6.07, 6.45) is 9.45. The van der Waals surface area contributed by atoms with Gasteiger partial charge in [-0.15, -0.1) is 0 Å². The molecular formula is C47H48FN5O6. The molecule has 0 radical (unpaired) electrons. The minimum Gasteiger partial charge on any atom is -0.457 e. The molecule has 1 fully saturated rings. The smallest absolute Gasteiger partial charge is 0.251 e. The van der Waals surface area contributed by atoms with Crippen LogP contribution in [0.25, 0.3) is 0 Å². The second kappa shape index (κ2) is 18.8. The topological polar surface area (TPSA) is 146 Å². The highest BCUT2D eigenvalue weighted by molar-refractivity contribution is 5.99. The van der Waals surface area contributed by atoms with E-state index in [2.05, 4.69) is 40.3 Å². The Kier molecular flexibility index (Phi) is 12.9. The molecule has 1 aliphatic carbocycles. The largest absolute Gasteiger partial charge is 0.457 e. The quantitative estimate of drug-likeness (QED) is 0.184. The Morgan fingerprint density at radius 2 is 1.58 bits per heavy atom. The van der Waals surface area contributed by atoms with E-state index < -0.39 is 54.0 Å². The fraction of sp³-hybridized carbons (Fsp3) is 0.298. The Labute approximate surface area is 343 Å². The first-order valence-electron chi connectivity index (χ1n) is 20.1. The summed E-state index contributed by atoms with van der Waals surface area (Å²) in [6, 6.07) is 24.8. The maximum atomic E-state index is 14.5. The average Bonchev–Trinajstić information content (AvgIpc) is 3.73. The molecule has 0 aromatic heterocycles. The predicted molar refractivity (Wildman–Crippen MR) is 220 cm³/mol. The van der Waals surface area contributed by atoms with Crippen LogP contribution in [-0.2, 0) is 38.6 Å². The van der Waals surface area contributed by atoms with Crippen LogP contribution in [0.3, 0.4) is 0 Å². The van der Waals surface area contributed by atoms with Gasteiger partial charge in [-0.25, -0.2) is 4.39 Å². The molecule has 4 N–H and O–H groups in total. The van der Waals surface area contributed by atoms with E-state index in [4.69, 9.17) is 4.74 Å². The van der Waals surface area contributed by atoms with Gasteiger partial charge in [0.2, 0.25) is 23.6 Å². The number of halogens is 1. The van der Waals surface area contributed by atoms with Crippen LogP contribution in [0.1, 0.15) is 53.2 Å². The van der Waals surface area contributed by atoms with E-state index in [0.717, 1.165) is 12.8 Å². The second-order valence-electron chi connectivity index (χ2n) is 15.3. The van der Waals surface area contributed by atoms with Gasteiger partial charge in [-0.2, -0.15) is 0 Å². The van der Waals surface area contributed by atoms with Gasteiger partial charge in [0.25, 0.3) is 5.91 Å². The normalized spacial score (nSPS) is 23.1. The number of fused-ring (bicyclic) bond motifs is 10. The first-order valence-corrected chi connectivity index (χ1v) is 20.1. The Morgan fingerprint density at radius 1 is 0.814 bits per heavy atom. The van der Waals surface area contributed by atoms with Gasteiger partial charge in [0, 0.05) is 49.0 Å². The van der Waals surface area contributed by atoms with Gasteiger partial charge in [-0.3, -0.25) is 24.0 Å². The zero-order valence-electron chi connectivity index (χ0n) is 32.8. The van der Waals surface area contributed by atoms with Crippen LogP contribution in [-0.4, -0.2) is 65.1 Å². The molecule has 1 saturated heterocycles. The highest BCUT2D eigenvalue weighted by Gasteiger charge is 2.39. The van der Waals surface area contributed by atoms with Crippen molar-refractivity contribution in [1.29, 1.82) is 0 Å². The van der Waals surface area contributed by atoms with E-state index in [-0.39, 0.29) is 48.7 Å². The van der Waals surface area contributed by atoms with Crippen LogP contribution < -0.4 is 26.0 Å². The highest BCUT2D eigenvalue weighted by atomic mass is 19.1. The number of ether oxygens (including phenoxy) is 1. The third-order valence-corrected chi connectivity index (χ3v) is 11.2. The Morgan fingerprint density at radius 3 is 2.36 bits per heavy atom. The van der Waals surface area contributed by atoms with Gasteiger partial charge in [0.15, 0.2) is 0 Å². The van der Waals surface area contributed by atoms with Crippen LogP contribution in [0.2, 0.25) is 0 Å². The molecule has 59 heavy (non-hydrogen) atoms. The predicted octanol–water partition coefficient (Wildman–Crippen LogP) is 5.56. The Bertz CT molecular complexity index is 2230. The van der Waals surface area contributed by atoms with E-state index in [1.54, 1.807) is 102 Å². The molecule has 0 saturated carbocycles. The summed E-state index contributed by atoms with van der Waals surface area (Å²) in [5, 5.41) is 11.2. The number of hydrogen-bond donors (Lipinski definition) is 4. The van der Waals surface area contributed by atoms with Crippen molar-refractivity contribution in [2.45, 2.75) is 69.7 Å². The lowest BCUT2D eigenvalue weighted by Gasteiger charge is -2.34. The number of likely N-dealkylation sites (tertiary alicyclic amines) is 1. The fourth-order valence-corrected chi connectivity index (χ4v) is 8.00. The molecule has 4 bridgehead atoms. The summed E-state index contributed by atoms with van der Waals surface area (Å²) >= 11 is 0. The zero-order valence-corrected chi connectivity index (χ0v) is 32.8.